The summed E-state index contributed by atoms with van der Waals surface area (Å²) >= 11 is 0. The van der Waals surface area contributed by atoms with Gasteiger partial charge in [0.1, 0.15) is 0 Å². The largest absolute Gasteiger partial charge is 0.396 e. The molecule has 2 heteroatoms. The molecular weight excluding hydrogens is 210 g/mol. The molecule has 0 unspecified atom stereocenters. The summed E-state index contributed by atoms with van der Waals surface area (Å²) in [5, 5.41) is 11.2. The Balaban J connectivity index is 2.51. The van der Waals surface area contributed by atoms with Gasteiger partial charge in [-0.15, -0.1) is 0 Å². The molecule has 2 rings (SSSR count). The standard InChI is InChI=1S/C15H17NO/c16-11-13-9-8-12(5-3-4-10-17)14-6-1-2-7-15(13)14/h1-3,5-9,17H,4,10-11,16H2/b5-3+. The van der Waals surface area contributed by atoms with Crippen LogP contribution in [0.3, 0.4) is 0 Å². The lowest BCUT2D eigenvalue weighted by molar-refractivity contribution is 0.303. The zero-order valence-corrected chi connectivity index (χ0v) is 9.76. The smallest absolute Gasteiger partial charge is 0.0465 e. The number of nitrogens with two attached hydrogens (primary N) is 1. The number of aliphatic hydroxyl groups is 1. The average Bonchev–Trinajstić information content (AvgIpc) is 2.39. The minimum Gasteiger partial charge on any atom is -0.396 e. The Morgan fingerprint density at radius 2 is 1.82 bits per heavy atom. The van der Waals surface area contributed by atoms with Gasteiger partial charge in [0, 0.05) is 13.2 Å². The van der Waals surface area contributed by atoms with E-state index < -0.39 is 0 Å². The first-order chi connectivity index (χ1) is 8.36. The molecule has 0 atom stereocenters. The van der Waals surface area contributed by atoms with Crippen molar-refractivity contribution < 1.29 is 5.11 Å². The van der Waals surface area contributed by atoms with Crippen molar-refractivity contribution in [2.45, 2.75) is 13.0 Å². The fraction of sp³-hybridized carbons (Fsp3) is 0.200. The summed E-state index contributed by atoms with van der Waals surface area (Å²) in [5.41, 5.74) is 8.08. The molecule has 0 fully saturated rings. The van der Waals surface area contributed by atoms with Crippen molar-refractivity contribution in [1.29, 1.82) is 0 Å². The molecule has 0 saturated carbocycles. The molecule has 88 valence electrons. The van der Waals surface area contributed by atoms with Crippen LogP contribution >= 0.6 is 0 Å². The average molecular weight is 227 g/mol. The molecule has 0 aliphatic rings. The second kappa shape index (κ2) is 5.62. The number of hydrogen-bond donors (Lipinski definition) is 2. The number of fused-ring (bicyclic) bond motifs is 1. The highest BCUT2D eigenvalue weighted by Gasteiger charge is 2.01. The first kappa shape index (κ1) is 11.8. The van der Waals surface area contributed by atoms with Crippen LogP contribution in [0.5, 0.6) is 0 Å². The molecule has 0 radical (unpaired) electrons. The van der Waals surface area contributed by atoms with Crippen LogP contribution in [0.15, 0.2) is 42.5 Å². The van der Waals surface area contributed by atoms with Crippen molar-refractivity contribution in [3.63, 3.8) is 0 Å². The van der Waals surface area contributed by atoms with Crippen molar-refractivity contribution in [3.8, 4) is 0 Å². The third-order valence-corrected chi connectivity index (χ3v) is 2.86. The maximum Gasteiger partial charge on any atom is 0.0465 e. The molecule has 3 N–H and O–H groups in total. The van der Waals surface area contributed by atoms with E-state index in [9.17, 15) is 0 Å². The van der Waals surface area contributed by atoms with E-state index in [4.69, 9.17) is 10.8 Å². The van der Waals surface area contributed by atoms with Crippen LogP contribution in [0, 0.1) is 0 Å². The van der Waals surface area contributed by atoms with E-state index in [1.807, 2.05) is 18.2 Å². The maximum atomic E-state index is 8.77. The summed E-state index contributed by atoms with van der Waals surface area (Å²) in [6.07, 6.45) is 4.73. The lowest BCUT2D eigenvalue weighted by Crippen LogP contribution is -1.97. The number of aliphatic hydroxyl groups excluding tert-OH is 1. The van der Waals surface area contributed by atoms with E-state index >= 15 is 0 Å². The normalized spacial score (nSPS) is 11.4. The summed E-state index contributed by atoms with van der Waals surface area (Å²) in [4.78, 5) is 0. The highest BCUT2D eigenvalue weighted by atomic mass is 16.2. The van der Waals surface area contributed by atoms with Gasteiger partial charge < -0.3 is 10.8 Å². The van der Waals surface area contributed by atoms with Crippen molar-refractivity contribution >= 4 is 16.8 Å². The fourth-order valence-corrected chi connectivity index (χ4v) is 1.99. The molecule has 0 spiro atoms. The van der Waals surface area contributed by atoms with Crippen LogP contribution in [-0.2, 0) is 6.54 Å². The number of rotatable bonds is 4. The van der Waals surface area contributed by atoms with Crippen LogP contribution in [0.2, 0.25) is 0 Å². The minimum atomic E-state index is 0.190. The van der Waals surface area contributed by atoms with E-state index in [1.165, 1.54) is 21.9 Å². The summed E-state index contributed by atoms with van der Waals surface area (Å²) in [6, 6.07) is 12.4. The molecule has 2 aromatic carbocycles. The molecular formula is C15H17NO. The van der Waals surface area contributed by atoms with E-state index in [-0.39, 0.29) is 6.61 Å². The monoisotopic (exact) mass is 227 g/mol. The van der Waals surface area contributed by atoms with E-state index in [0.717, 1.165) is 0 Å². The summed E-state index contributed by atoms with van der Waals surface area (Å²) in [7, 11) is 0. The Kier molecular flexibility index (Phi) is 3.91. The molecule has 2 nitrogen and oxygen atoms in total. The third kappa shape index (κ3) is 2.54. The van der Waals surface area contributed by atoms with Crippen LogP contribution < -0.4 is 5.73 Å². The van der Waals surface area contributed by atoms with E-state index in [0.29, 0.717) is 13.0 Å². The maximum absolute atomic E-state index is 8.77. The lowest BCUT2D eigenvalue weighted by Gasteiger charge is -2.07. The van der Waals surface area contributed by atoms with E-state index in [1.54, 1.807) is 0 Å². The zero-order valence-electron chi connectivity index (χ0n) is 9.76. The quantitative estimate of drug-likeness (QED) is 0.843. The molecule has 0 aliphatic heterocycles. The summed E-state index contributed by atoms with van der Waals surface area (Å²) < 4.78 is 0. The van der Waals surface area contributed by atoms with Crippen molar-refractivity contribution in [3.05, 3.63) is 53.6 Å². The highest BCUT2D eigenvalue weighted by Crippen LogP contribution is 2.23. The molecule has 0 amide bonds. The van der Waals surface area contributed by atoms with Crippen molar-refractivity contribution in [2.75, 3.05) is 6.61 Å². The Morgan fingerprint density at radius 3 is 2.53 bits per heavy atom. The van der Waals surface area contributed by atoms with Gasteiger partial charge in [-0.05, 0) is 28.3 Å². The van der Waals surface area contributed by atoms with Gasteiger partial charge in [0.25, 0.3) is 0 Å². The van der Waals surface area contributed by atoms with Gasteiger partial charge in [-0.3, -0.25) is 0 Å². The Morgan fingerprint density at radius 1 is 1.06 bits per heavy atom. The van der Waals surface area contributed by atoms with Gasteiger partial charge in [0.2, 0.25) is 0 Å². The topological polar surface area (TPSA) is 46.2 Å². The SMILES string of the molecule is NCc1ccc(/C=C/CCO)c2ccccc12. The predicted octanol–water partition coefficient (Wildman–Crippen LogP) is 2.69. The van der Waals surface area contributed by atoms with Crippen LogP contribution in [0.1, 0.15) is 17.5 Å². The summed E-state index contributed by atoms with van der Waals surface area (Å²) in [5.74, 6) is 0. The molecule has 0 heterocycles. The Bertz CT molecular complexity index is 531. The van der Waals surface area contributed by atoms with E-state index in [2.05, 4.69) is 30.3 Å². The van der Waals surface area contributed by atoms with Crippen LogP contribution in [-0.4, -0.2) is 11.7 Å². The molecule has 0 saturated heterocycles. The van der Waals surface area contributed by atoms with Gasteiger partial charge in [-0.1, -0.05) is 48.6 Å². The van der Waals surface area contributed by atoms with Crippen molar-refractivity contribution in [1.82, 2.24) is 0 Å². The highest BCUT2D eigenvalue weighted by molar-refractivity contribution is 5.92. The van der Waals surface area contributed by atoms with Crippen molar-refractivity contribution in [2.24, 2.45) is 5.73 Å². The Labute approximate surface area is 101 Å². The van der Waals surface area contributed by atoms with Crippen LogP contribution in [0.25, 0.3) is 16.8 Å². The summed E-state index contributed by atoms with van der Waals surface area (Å²) in [6.45, 7) is 0.746. The number of hydrogen-bond acceptors (Lipinski definition) is 2. The van der Waals surface area contributed by atoms with Gasteiger partial charge in [0.15, 0.2) is 0 Å². The third-order valence-electron chi connectivity index (χ3n) is 2.86. The van der Waals surface area contributed by atoms with Gasteiger partial charge in [0.05, 0.1) is 0 Å². The Hall–Kier alpha value is -1.64. The predicted molar refractivity (Wildman–Crippen MR) is 72.6 cm³/mol. The van der Waals surface area contributed by atoms with Crippen LogP contribution in [0.4, 0.5) is 0 Å². The second-order valence-corrected chi connectivity index (χ2v) is 3.98. The van der Waals surface area contributed by atoms with Gasteiger partial charge >= 0.3 is 0 Å². The lowest BCUT2D eigenvalue weighted by atomic mass is 9.99. The molecule has 0 bridgehead atoms. The fourth-order valence-electron chi connectivity index (χ4n) is 1.99. The first-order valence-corrected chi connectivity index (χ1v) is 5.85. The molecule has 0 aliphatic carbocycles. The molecule has 0 aromatic heterocycles. The van der Waals surface area contributed by atoms with Gasteiger partial charge in [-0.25, -0.2) is 0 Å². The first-order valence-electron chi connectivity index (χ1n) is 5.85. The molecule has 2 aromatic rings. The zero-order chi connectivity index (χ0) is 12.1. The minimum absolute atomic E-state index is 0.190. The molecule has 17 heavy (non-hydrogen) atoms. The van der Waals surface area contributed by atoms with Gasteiger partial charge in [-0.2, -0.15) is 0 Å². The second-order valence-electron chi connectivity index (χ2n) is 3.98. The number of benzene rings is 2.